The summed E-state index contributed by atoms with van der Waals surface area (Å²) < 4.78 is 5.06. The first-order chi connectivity index (χ1) is 9.47. The zero-order chi connectivity index (χ0) is 15.1. The molecule has 0 aliphatic carbocycles. The van der Waals surface area contributed by atoms with Gasteiger partial charge in [0, 0.05) is 0 Å². The summed E-state index contributed by atoms with van der Waals surface area (Å²) in [4.78, 5) is 22.6. The third-order valence-electron chi connectivity index (χ3n) is 2.67. The van der Waals surface area contributed by atoms with Crippen molar-refractivity contribution in [1.82, 2.24) is 0 Å². The van der Waals surface area contributed by atoms with Crippen molar-refractivity contribution in [2.75, 3.05) is 0 Å². The fourth-order valence-corrected chi connectivity index (χ4v) is 1.39. The number of nitriles is 1. The fourth-order valence-electron chi connectivity index (χ4n) is 1.39. The smallest absolute Gasteiger partial charge is 0.349 e. The average Bonchev–Trinajstić information content (AvgIpc) is 2.44. The summed E-state index contributed by atoms with van der Waals surface area (Å²) in [5.41, 5.74) is 0.390. The molecule has 5 heteroatoms. The lowest BCUT2D eigenvalue weighted by Crippen LogP contribution is -2.15. The van der Waals surface area contributed by atoms with Gasteiger partial charge in [0.25, 0.3) is 0 Å². The van der Waals surface area contributed by atoms with Crippen molar-refractivity contribution in [3.8, 4) is 6.07 Å². The molecule has 5 nitrogen and oxygen atoms in total. The first-order valence-corrected chi connectivity index (χ1v) is 6.14. The minimum absolute atomic E-state index is 0.0892. The zero-order valence-corrected chi connectivity index (χ0v) is 11.3. The Labute approximate surface area is 117 Å². The molecule has 1 aromatic carbocycles. The average molecular weight is 273 g/mol. The Bertz CT molecular complexity index is 584. The monoisotopic (exact) mass is 273 g/mol. The molecule has 0 aliphatic rings. The summed E-state index contributed by atoms with van der Waals surface area (Å²) in [6.45, 7) is 3.60. The second kappa shape index (κ2) is 7.10. The first kappa shape index (κ1) is 15.4. The quantitative estimate of drug-likeness (QED) is 0.506. The van der Waals surface area contributed by atoms with Crippen molar-refractivity contribution >= 4 is 18.0 Å². The van der Waals surface area contributed by atoms with Crippen LogP contribution < -0.4 is 0 Å². The summed E-state index contributed by atoms with van der Waals surface area (Å²) in [7, 11) is 0. The first-order valence-electron chi connectivity index (χ1n) is 6.14. The number of carboxylic acids is 1. The molecule has 0 saturated carbocycles. The topological polar surface area (TPSA) is 87.4 Å². The number of hydrogen-bond donors (Lipinski definition) is 1. The lowest BCUT2D eigenvalue weighted by atomic mass is 10.1. The maximum Gasteiger partial charge on any atom is 0.349 e. The van der Waals surface area contributed by atoms with Crippen molar-refractivity contribution in [2.24, 2.45) is 0 Å². The van der Waals surface area contributed by atoms with Crippen LogP contribution in [0.15, 0.2) is 29.8 Å². The van der Waals surface area contributed by atoms with Crippen molar-refractivity contribution < 1.29 is 19.4 Å². The molecule has 1 atom stereocenters. The van der Waals surface area contributed by atoms with E-state index in [2.05, 4.69) is 0 Å². The minimum Gasteiger partial charge on any atom is -0.478 e. The van der Waals surface area contributed by atoms with Crippen molar-refractivity contribution in [3.05, 3.63) is 41.0 Å². The van der Waals surface area contributed by atoms with E-state index in [1.54, 1.807) is 25.1 Å². The van der Waals surface area contributed by atoms with E-state index < -0.39 is 11.9 Å². The van der Waals surface area contributed by atoms with Crippen LogP contribution in [-0.2, 0) is 9.53 Å². The molecule has 0 spiro atoms. The second-order valence-corrected chi connectivity index (χ2v) is 4.22. The van der Waals surface area contributed by atoms with Crippen LogP contribution >= 0.6 is 0 Å². The highest BCUT2D eigenvalue weighted by Crippen LogP contribution is 2.12. The second-order valence-electron chi connectivity index (χ2n) is 4.22. The molecule has 0 radical (unpaired) electrons. The van der Waals surface area contributed by atoms with Gasteiger partial charge in [-0.15, -0.1) is 0 Å². The van der Waals surface area contributed by atoms with Gasteiger partial charge in [0.1, 0.15) is 11.6 Å². The Balaban J connectivity index is 3.00. The molecule has 20 heavy (non-hydrogen) atoms. The van der Waals surface area contributed by atoms with Gasteiger partial charge in [-0.25, -0.2) is 9.59 Å². The zero-order valence-electron chi connectivity index (χ0n) is 11.3. The molecular formula is C15H15NO4. The molecule has 0 amide bonds. The van der Waals surface area contributed by atoms with Crippen LogP contribution in [0.1, 0.15) is 36.2 Å². The molecule has 0 aromatic heterocycles. The number of rotatable bonds is 5. The van der Waals surface area contributed by atoms with Crippen molar-refractivity contribution in [1.29, 1.82) is 5.26 Å². The minimum atomic E-state index is -1.07. The molecule has 0 bridgehead atoms. The van der Waals surface area contributed by atoms with E-state index in [0.717, 1.165) is 0 Å². The van der Waals surface area contributed by atoms with Crippen LogP contribution in [0.5, 0.6) is 0 Å². The van der Waals surface area contributed by atoms with Crippen LogP contribution in [0.25, 0.3) is 6.08 Å². The summed E-state index contributed by atoms with van der Waals surface area (Å²) in [6, 6.07) is 7.74. The van der Waals surface area contributed by atoms with Crippen LogP contribution in [0.4, 0.5) is 0 Å². The molecule has 1 unspecified atom stereocenters. The Hall–Kier alpha value is -2.61. The van der Waals surface area contributed by atoms with E-state index in [0.29, 0.717) is 12.0 Å². The van der Waals surface area contributed by atoms with Gasteiger partial charge in [0.2, 0.25) is 0 Å². The van der Waals surface area contributed by atoms with Gasteiger partial charge >= 0.3 is 11.9 Å². The maximum atomic E-state index is 11.7. The van der Waals surface area contributed by atoms with E-state index >= 15 is 0 Å². The predicted molar refractivity (Wildman–Crippen MR) is 72.8 cm³/mol. The summed E-state index contributed by atoms with van der Waals surface area (Å²) >= 11 is 0. The van der Waals surface area contributed by atoms with Gasteiger partial charge in [-0.3, -0.25) is 0 Å². The van der Waals surface area contributed by atoms with Crippen LogP contribution in [-0.4, -0.2) is 23.1 Å². The summed E-state index contributed by atoms with van der Waals surface area (Å²) in [6.07, 6.45) is 1.69. The Morgan fingerprint density at radius 3 is 2.75 bits per heavy atom. The fraction of sp³-hybridized carbons (Fsp3) is 0.267. The highest BCUT2D eigenvalue weighted by molar-refractivity contribution is 5.98. The number of hydrogen-bond acceptors (Lipinski definition) is 4. The Kier molecular flexibility index (Phi) is 5.48. The van der Waals surface area contributed by atoms with Gasteiger partial charge in [0.15, 0.2) is 0 Å². The number of carboxylic acid groups (broad SMARTS) is 1. The van der Waals surface area contributed by atoms with E-state index in [4.69, 9.17) is 15.1 Å². The van der Waals surface area contributed by atoms with E-state index in [-0.39, 0.29) is 17.2 Å². The predicted octanol–water partition coefficient (Wildman–Crippen LogP) is 2.63. The Morgan fingerprint density at radius 1 is 1.50 bits per heavy atom. The third kappa shape index (κ3) is 4.25. The molecule has 104 valence electrons. The number of carbonyl (C=O) groups is 2. The van der Waals surface area contributed by atoms with E-state index in [1.807, 2.05) is 6.92 Å². The van der Waals surface area contributed by atoms with Gasteiger partial charge < -0.3 is 9.84 Å². The molecule has 0 aliphatic heterocycles. The highest BCUT2D eigenvalue weighted by atomic mass is 16.5. The van der Waals surface area contributed by atoms with Crippen LogP contribution in [0.2, 0.25) is 0 Å². The lowest BCUT2D eigenvalue weighted by Gasteiger charge is -2.09. The molecular weight excluding hydrogens is 258 g/mol. The van der Waals surface area contributed by atoms with Gasteiger partial charge in [-0.05, 0) is 37.1 Å². The number of ether oxygens (including phenoxy) is 1. The van der Waals surface area contributed by atoms with Gasteiger partial charge in [-0.1, -0.05) is 19.1 Å². The van der Waals surface area contributed by atoms with Crippen LogP contribution in [0, 0.1) is 11.3 Å². The maximum absolute atomic E-state index is 11.7. The normalized spacial score (nSPS) is 12.3. The standard InChI is InChI=1S/C15H15NO4/c1-3-10(2)20-15(19)13(9-16)8-11-5-4-6-12(7-11)14(17)18/h4-8,10H,3H2,1-2H3,(H,17,18). The summed E-state index contributed by atoms with van der Waals surface area (Å²) in [5, 5.41) is 17.9. The molecule has 0 heterocycles. The number of aromatic carboxylic acids is 1. The Morgan fingerprint density at radius 2 is 2.20 bits per heavy atom. The van der Waals surface area contributed by atoms with E-state index in [1.165, 1.54) is 18.2 Å². The number of benzene rings is 1. The summed E-state index contributed by atoms with van der Waals surface area (Å²) in [5.74, 6) is -1.77. The van der Waals surface area contributed by atoms with Gasteiger partial charge in [-0.2, -0.15) is 5.26 Å². The van der Waals surface area contributed by atoms with Crippen molar-refractivity contribution in [3.63, 3.8) is 0 Å². The number of esters is 1. The molecule has 0 saturated heterocycles. The van der Waals surface area contributed by atoms with Gasteiger partial charge in [0.05, 0.1) is 11.7 Å². The SMILES string of the molecule is CCC(C)OC(=O)C(C#N)=Cc1cccc(C(=O)O)c1. The van der Waals surface area contributed by atoms with Crippen molar-refractivity contribution in [2.45, 2.75) is 26.4 Å². The molecule has 1 rings (SSSR count). The van der Waals surface area contributed by atoms with E-state index in [9.17, 15) is 9.59 Å². The number of carbonyl (C=O) groups excluding carboxylic acids is 1. The molecule has 0 fully saturated rings. The third-order valence-corrected chi connectivity index (χ3v) is 2.67. The highest BCUT2D eigenvalue weighted by Gasteiger charge is 2.14. The number of nitrogens with zero attached hydrogens (tertiary/aromatic N) is 1. The van der Waals surface area contributed by atoms with Crippen LogP contribution in [0.3, 0.4) is 0 Å². The largest absolute Gasteiger partial charge is 0.478 e. The molecule has 1 aromatic rings. The molecule has 1 N–H and O–H groups in total. The lowest BCUT2D eigenvalue weighted by molar-refractivity contribution is -0.142.